The lowest BCUT2D eigenvalue weighted by molar-refractivity contribution is -0.138. The molecule has 0 heterocycles. The highest BCUT2D eigenvalue weighted by atomic mass is 16.2. The largest absolute Gasteiger partial charge is 0.342 e. The van der Waals surface area contributed by atoms with Crippen LogP contribution in [0.2, 0.25) is 0 Å². The van der Waals surface area contributed by atoms with Gasteiger partial charge in [0.1, 0.15) is 0 Å². The van der Waals surface area contributed by atoms with Crippen molar-refractivity contribution in [2.45, 2.75) is 72.8 Å². The van der Waals surface area contributed by atoms with Crippen molar-refractivity contribution in [3.05, 3.63) is 0 Å². The average Bonchev–Trinajstić information content (AvgIpc) is 2.40. The van der Waals surface area contributed by atoms with Gasteiger partial charge in [-0.25, -0.2) is 0 Å². The second-order valence-corrected chi connectivity index (χ2v) is 7.85. The van der Waals surface area contributed by atoms with Gasteiger partial charge in [-0.15, -0.1) is 0 Å². The van der Waals surface area contributed by atoms with E-state index >= 15 is 0 Å². The minimum atomic E-state index is 0.146. The molecule has 0 aromatic carbocycles. The van der Waals surface area contributed by atoms with Gasteiger partial charge in [0.2, 0.25) is 5.91 Å². The van der Waals surface area contributed by atoms with Crippen molar-refractivity contribution in [1.82, 2.24) is 4.90 Å². The first kappa shape index (κ1) is 18.5. The lowest BCUT2D eigenvalue weighted by Gasteiger charge is -2.36. The molecule has 0 saturated heterocycles. The summed E-state index contributed by atoms with van der Waals surface area (Å²) in [6.07, 6.45) is 5.23. The van der Waals surface area contributed by atoms with Gasteiger partial charge in [0, 0.05) is 25.0 Å². The van der Waals surface area contributed by atoms with Crippen molar-refractivity contribution in [2.75, 3.05) is 13.1 Å². The van der Waals surface area contributed by atoms with Crippen LogP contribution in [0.4, 0.5) is 0 Å². The van der Waals surface area contributed by atoms with Crippen LogP contribution < -0.4 is 5.73 Å². The molecular weight excluding hydrogens is 260 g/mol. The van der Waals surface area contributed by atoms with Crippen molar-refractivity contribution in [3.63, 3.8) is 0 Å². The molecule has 1 aliphatic carbocycles. The van der Waals surface area contributed by atoms with E-state index in [0.29, 0.717) is 23.7 Å². The number of carbonyl (C=O) groups excluding carboxylic acids is 1. The van der Waals surface area contributed by atoms with Crippen molar-refractivity contribution in [2.24, 2.45) is 29.4 Å². The fourth-order valence-corrected chi connectivity index (χ4v) is 3.09. The summed E-state index contributed by atoms with van der Waals surface area (Å²) in [5.41, 5.74) is 6.10. The highest BCUT2D eigenvalue weighted by molar-refractivity contribution is 5.79. The highest BCUT2D eigenvalue weighted by Gasteiger charge is 2.33. The predicted octanol–water partition coefficient (Wildman–Crippen LogP) is 3.67. The van der Waals surface area contributed by atoms with Crippen LogP contribution in [0.1, 0.15) is 66.7 Å². The molecule has 0 bridgehead atoms. The van der Waals surface area contributed by atoms with Crippen molar-refractivity contribution in [1.29, 1.82) is 0 Å². The second kappa shape index (κ2) is 8.77. The fraction of sp³-hybridized carbons (Fsp3) is 0.944. The van der Waals surface area contributed by atoms with Gasteiger partial charge in [-0.1, -0.05) is 34.6 Å². The SMILES string of the molecule is CC(C)CCN(CCC(C)C)C(=O)C1CC(N)CCC1C. The minimum absolute atomic E-state index is 0.146. The lowest BCUT2D eigenvalue weighted by Crippen LogP contribution is -2.44. The molecule has 124 valence electrons. The van der Waals surface area contributed by atoms with Crippen LogP contribution in [0, 0.1) is 23.7 Å². The molecule has 3 nitrogen and oxygen atoms in total. The number of hydrogen-bond donors (Lipinski definition) is 1. The number of nitrogens with zero attached hydrogens (tertiary/aromatic N) is 1. The van der Waals surface area contributed by atoms with Crippen molar-refractivity contribution in [3.8, 4) is 0 Å². The third-order valence-corrected chi connectivity index (χ3v) is 4.82. The molecule has 3 heteroatoms. The molecule has 1 saturated carbocycles. The van der Waals surface area contributed by atoms with Crippen LogP contribution >= 0.6 is 0 Å². The highest BCUT2D eigenvalue weighted by Crippen LogP contribution is 2.31. The maximum atomic E-state index is 12.9. The Balaban J connectivity index is 2.67. The summed E-state index contributed by atoms with van der Waals surface area (Å²) in [6.45, 7) is 12.9. The summed E-state index contributed by atoms with van der Waals surface area (Å²) >= 11 is 0. The fourth-order valence-electron chi connectivity index (χ4n) is 3.09. The van der Waals surface area contributed by atoms with E-state index in [1.807, 2.05) is 0 Å². The van der Waals surface area contributed by atoms with E-state index in [4.69, 9.17) is 5.73 Å². The normalized spacial score (nSPS) is 26.4. The Morgan fingerprint density at radius 2 is 1.62 bits per heavy atom. The van der Waals surface area contributed by atoms with Crippen LogP contribution in [-0.4, -0.2) is 29.9 Å². The zero-order chi connectivity index (χ0) is 16.0. The van der Waals surface area contributed by atoms with Crippen molar-refractivity contribution >= 4 is 5.91 Å². The van der Waals surface area contributed by atoms with Crippen molar-refractivity contribution < 1.29 is 4.79 Å². The molecule has 3 atom stereocenters. The first-order chi connectivity index (χ1) is 9.81. The van der Waals surface area contributed by atoms with Gasteiger partial charge in [-0.3, -0.25) is 4.79 Å². The van der Waals surface area contributed by atoms with Gasteiger partial charge in [0.15, 0.2) is 0 Å². The molecule has 1 fully saturated rings. The van der Waals surface area contributed by atoms with E-state index in [-0.39, 0.29) is 12.0 Å². The molecule has 0 aromatic heterocycles. The summed E-state index contributed by atoms with van der Waals surface area (Å²) in [7, 11) is 0. The maximum absolute atomic E-state index is 12.9. The summed E-state index contributed by atoms with van der Waals surface area (Å²) < 4.78 is 0. The maximum Gasteiger partial charge on any atom is 0.226 e. The molecular formula is C18H36N2O. The van der Waals surface area contributed by atoms with E-state index < -0.39 is 0 Å². The first-order valence-corrected chi connectivity index (χ1v) is 8.85. The van der Waals surface area contributed by atoms with E-state index in [9.17, 15) is 4.79 Å². The summed E-state index contributed by atoms with van der Waals surface area (Å²) in [5.74, 6) is 2.28. The van der Waals surface area contributed by atoms with Gasteiger partial charge in [-0.2, -0.15) is 0 Å². The molecule has 3 unspecified atom stereocenters. The molecule has 0 aromatic rings. The quantitative estimate of drug-likeness (QED) is 0.779. The smallest absolute Gasteiger partial charge is 0.226 e. The summed E-state index contributed by atoms with van der Waals surface area (Å²) in [6, 6.07) is 0.215. The van der Waals surface area contributed by atoms with Gasteiger partial charge in [-0.05, 0) is 49.9 Å². The Bertz CT molecular complexity index is 302. The molecule has 0 aliphatic heterocycles. The van der Waals surface area contributed by atoms with Crippen LogP contribution in [-0.2, 0) is 4.79 Å². The first-order valence-electron chi connectivity index (χ1n) is 8.85. The number of hydrogen-bond acceptors (Lipinski definition) is 2. The Hall–Kier alpha value is -0.570. The number of nitrogens with two attached hydrogens (primary N) is 1. The van der Waals surface area contributed by atoms with Crippen LogP contribution in [0.5, 0.6) is 0 Å². The monoisotopic (exact) mass is 296 g/mol. The minimum Gasteiger partial charge on any atom is -0.342 e. The van der Waals surface area contributed by atoms with Crippen LogP contribution in [0.3, 0.4) is 0 Å². The Kier molecular flexibility index (Phi) is 7.72. The third-order valence-electron chi connectivity index (χ3n) is 4.82. The van der Waals surface area contributed by atoms with Crippen LogP contribution in [0.25, 0.3) is 0 Å². The van der Waals surface area contributed by atoms with Crippen LogP contribution in [0.15, 0.2) is 0 Å². The molecule has 2 N–H and O–H groups in total. The zero-order valence-corrected chi connectivity index (χ0v) is 14.8. The molecule has 1 aliphatic rings. The Morgan fingerprint density at radius 3 is 2.10 bits per heavy atom. The molecule has 1 amide bonds. The van der Waals surface area contributed by atoms with E-state index in [0.717, 1.165) is 45.2 Å². The average molecular weight is 296 g/mol. The van der Waals surface area contributed by atoms with Gasteiger partial charge in [0.05, 0.1) is 0 Å². The predicted molar refractivity (Wildman–Crippen MR) is 90.0 cm³/mol. The van der Waals surface area contributed by atoms with E-state index in [1.54, 1.807) is 0 Å². The molecule has 0 radical (unpaired) electrons. The van der Waals surface area contributed by atoms with Gasteiger partial charge in [0.25, 0.3) is 0 Å². The number of rotatable bonds is 7. The lowest BCUT2D eigenvalue weighted by atomic mass is 9.77. The third kappa shape index (κ3) is 6.37. The molecule has 1 rings (SSSR count). The summed E-state index contributed by atoms with van der Waals surface area (Å²) in [5, 5.41) is 0. The van der Waals surface area contributed by atoms with E-state index in [2.05, 4.69) is 39.5 Å². The van der Waals surface area contributed by atoms with E-state index in [1.165, 1.54) is 0 Å². The summed E-state index contributed by atoms with van der Waals surface area (Å²) in [4.78, 5) is 15.1. The van der Waals surface area contributed by atoms with Gasteiger partial charge < -0.3 is 10.6 Å². The molecule has 0 spiro atoms. The molecule has 21 heavy (non-hydrogen) atoms. The standard InChI is InChI=1S/C18H36N2O/c1-13(2)8-10-20(11-9-14(3)4)18(21)17-12-16(19)7-6-15(17)5/h13-17H,6-12,19H2,1-5H3. The Labute approximate surface area is 131 Å². The second-order valence-electron chi connectivity index (χ2n) is 7.85. The number of carbonyl (C=O) groups is 1. The Morgan fingerprint density at radius 1 is 1.10 bits per heavy atom. The topological polar surface area (TPSA) is 46.3 Å². The van der Waals surface area contributed by atoms with Gasteiger partial charge >= 0.3 is 0 Å². The number of amides is 1. The zero-order valence-electron chi connectivity index (χ0n) is 14.8.